The summed E-state index contributed by atoms with van der Waals surface area (Å²) in [5, 5.41) is 2.78. The zero-order valence-corrected chi connectivity index (χ0v) is 16.8. The Balaban J connectivity index is 1.77. The van der Waals surface area contributed by atoms with Gasteiger partial charge in [-0.25, -0.2) is 8.42 Å². The molecular formula is C21H24N2O4S. The van der Waals surface area contributed by atoms with Gasteiger partial charge in [-0.2, -0.15) is 0 Å². The Morgan fingerprint density at radius 3 is 2.21 bits per heavy atom. The number of para-hydroxylation sites is 1. The molecule has 1 N–H and O–H groups in total. The second-order valence-corrected chi connectivity index (χ2v) is 9.29. The number of anilines is 1. The zero-order chi connectivity index (χ0) is 20.3. The third-order valence-corrected chi connectivity index (χ3v) is 6.15. The summed E-state index contributed by atoms with van der Waals surface area (Å²) >= 11 is 0. The van der Waals surface area contributed by atoms with Gasteiger partial charge in [-0.1, -0.05) is 19.1 Å². The molecule has 2 aromatic carbocycles. The highest BCUT2D eigenvalue weighted by Crippen LogP contribution is 2.23. The molecule has 0 radical (unpaired) electrons. The number of carbonyl (C=O) groups is 2. The maximum Gasteiger partial charge on any atom is 0.255 e. The molecule has 0 saturated carbocycles. The zero-order valence-electron chi connectivity index (χ0n) is 16.0. The number of likely N-dealkylation sites (tertiary alicyclic amines) is 1. The number of carbonyl (C=O) groups excluding carboxylic acids is 2. The SMILES string of the molecule is CC1CCN(C(=O)c2ccccc2NC(=O)c2ccc(S(C)(=O)=O)cc2)CC1. The minimum absolute atomic E-state index is 0.0878. The van der Waals surface area contributed by atoms with Crippen LogP contribution in [0.2, 0.25) is 0 Å². The Morgan fingerprint density at radius 1 is 1.00 bits per heavy atom. The largest absolute Gasteiger partial charge is 0.339 e. The number of benzene rings is 2. The first-order chi connectivity index (χ1) is 13.3. The highest BCUT2D eigenvalue weighted by Gasteiger charge is 2.23. The van der Waals surface area contributed by atoms with E-state index in [0.29, 0.717) is 22.7 Å². The molecule has 0 spiro atoms. The van der Waals surface area contributed by atoms with E-state index in [1.807, 2.05) is 4.90 Å². The van der Waals surface area contributed by atoms with E-state index in [1.54, 1.807) is 24.3 Å². The molecule has 148 valence electrons. The van der Waals surface area contributed by atoms with Crippen LogP contribution in [0.4, 0.5) is 5.69 Å². The quantitative estimate of drug-likeness (QED) is 0.854. The number of nitrogens with one attached hydrogen (secondary N) is 1. The van der Waals surface area contributed by atoms with Gasteiger partial charge in [-0.3, -0.25) is 9.59 Å². The lowest BCUT2D eigenvalue weighted by Gasteiger charge is -2.30. The van der Waals surface area contributed by atoms with E-state index >= 15 is 0 Å². The first kappa shape index (κ1) is 20.1. The van der Waals surface area contributed by atoms with E-state index in [2.05, 4.69) is 12.2 Å². The summed E-state index contributed by atoms with van der Waals surface area (Å²) in [4.78, 5) is 27.5. The highest BCUT2D eigenvalue weighted by molar-refractivity contribution is 7.90. The second-order valence-electron chi connectivity index (χ2n) is 7.27. The molecule has 3 rings (SSSR count). The molecule has 6 nitrogen and oxygen atoms in total. The van der Waals surface area contributed by atoms with Gasteiger partial charge in [0.05, 0.1) is 16.1 Å². The molecule has 1 fully saturated rings. The molecule has 0 aliphatic carbocycles. The molecule has 0 aromatic heterocycles. The van der Waals surface area contributed by atoms with E-state index in [-0.39, 0.29) is 10.8 Å². The molecule has 2 aromatic rings. The van der Waals surface area contributed by atoms with Gasteiger partial charge in [0.15, 0.2) is 9.84 Å². The summed E-state index contributed by atoms with van der Waals surface area (Å²) in [6.45, 7) is 3.62. The lowest BCUT2D eigenvalue weighted by atomic mass is 9.98. The van der Waals surface area contributed by atoms with Crippen LogP contribution >= 0.6 is 0 Å². The van der Waals surface area contributed by atoms with Crippen molar-refractivity contribution in [2.45, 2.75) is 24.7 Å². The molecular weight excluding hydrogens is 376 g/mol. The van der Waals surface area contributed by atoms with Gasteiger partial charge in [0.25, 0.3) is 11.8 Å². The molecule has 0 unspecified atom stereocenters. The van der Waals surface area contributed by atoms with Crippen molar-refractivity contribution in [2.24, 2.45) is 5.92 Å². The predicted molar refractivity (Wildman–Crippen MR) is 108 cm³/mol. The van der Waals surface area contributed by atoms with Crippen molar-refractivity contribution in [2.75, 3.05) is 24.7 Å². The van der Waals surface area contributed by atoms with Gasteiger partial charge in [-0.15, -0.1) is 0 Å². The van der Waals surface area contributed by atoms with Crippen molar-refractivity contribution in [1.29, 1.82) is 0 Å². The van der Waals surface area contributed by atoms with Gasteiger partial charge in [0, 0.05) is 24.9 Å². The van der Waals surface area contributed by atoms with Crippen LogP contribution < -0.4 is 5.32 Å². The maximum atomic E-state index is 12.9. The Bertz CT molecular complexity index is 976. The fourth-order valence-corrected chi connectivity index (χ4v) is 3.84. The predicted octanol–water partition coefficient (Wildman–Crippen LogP) is 3.21. The van der Waals surface area contributed by atoms with Crippen LogP contribution in [0.3, 0.4) is 0 Å². The molecule has 1 aliphatic rings. The van der Waals surface area contributed by atoms with Gasteiger partial charge in [-0.05, 0) is 55.2 Å². The molecule has 0 bridgehead atoms. The Hall–Kier alpha value is -2.67. The van der Waals surface area contributed by atoms with Crippen LogP contribution in [0, 0.1) is 5.92 Å². The van der Waals surface area contributed by atoms with Crippen molar-refractivity contribution < 1.29 is 18.0 Å². The van der Waals surface area contributed by atoms with E-state index in [9.17, 15) is 18.0 Å². The average molecular weight is 401 g/mol. The number of nitrogens with zero attached hydrogens (tertiary/aromatic N) is 1. The van der Waals surface area contributed by atoms with Crippen LogP contribution in [0.15, 0.2) is 53.4 Å². The first-order valence-electron chi connectivity index (χ1n) is 9.25. The van der Waals surface area contributed by atoms with E-state index in [0.717, 1.165) is 32.2 Å². The first-order valence-corrected chi connectivity index (χ1v) is 11.1. The summed E-state index contributed by atoms with van der Waals surface area (Å²) in [6.07, 6.45) is 3.07. The number of hydrogen-bond acceptors (Lipinski definition) is 4. The Labute approximate surface area is 165 Å². The minimum Gasteiger partial charge on any atom is -0.339 e. The van der Waals surface area contributed by atoms with Crippen LogP contribution in [-0.2, 0) is 9.84 Å². The fourth-order valence-electron chi connectivity index (χ4n) is 3.21. The second kappa shape index (κ2) is 8.14. The van der Waals surface area contributed by atoms with Crippen molar-refractivity contribution in [3.8, 4) is 0 Å². The van der Waals surface area contributed by atoms with E-state index in [4.69, 9.17) is 0 Å². The maximum absolute atomic E-state index is 12.9. The van der Waals surface area contributed by atoms with Crippen LogP contribution in [0.25, 0.3) is 0 Å². The number of amides is 2. The summed E-state index contributed by atoms with van der Waals surface area (Å²) in [5.41, 5.74) is 1.22. The molecule has 1 aliphatic heterocycles. The van der Waals surface area contributed by atoms with Crippen molar-refractivity contribution >= 4 is 27.3 Å². The Kier molecular flexibility index (Phi) is 5.84. The van der Waals surface area contributed by atoms with Gasteiger partial charge in [0.2, 0.25) is 0 Å². The molecule has 7 heteroatoms. The number of sulfone groups is 1. The van der Waals surface area contributed by atoms with Crippen molar-refractivity contribution in [3.63, 3.8) is 0 Å². The van der Waals surface area contributed by atoms with Crippen molar-refractivity contribution in [3.05, 3.63) is 59.7 Å². The van der Waals surface area contributed by atoms with Crippen molar-refractivity contribution in [1.82, 2.24) is 4.90 Å². The summed E-state index contributed by atoms with van der Waals surface area (Å²) in [6, 6.07) is 12.7. The molecule has 28 heavy (non-hydrogen) atoms. The van der Waals surface area contributed by atoms with E-state index in [1.165, 1.54) is 24.3 Å². The third-order valence-electron chi connectivity index (χ3n) is 5.02. The standard InChI is InChI=1S/C21H24N2O4S/c1-15-11-13-23(14-12-15)21(25)18-5-3-4-6-19(18)22-20(24)16-7-9-17(10-8-16)28(2,26)27/h3-10,15H,11-14H2,1-2H3,(H,22,24). The monoisotopic (exact) mass is 400 g/mol. The Morgan fingerprint density at radius 2 is 1.61 bits per heavy atom. The highest BCUT2D eigenvalue weighted by atomic mass is 32.2. The molecule has 0 atom stereocenters. The summed E-state index contributed by atoms with van der Waals surface area (Å²) in [5.74, 6) is 0.136. The average Bonchev–Trinajstić information content (AvgIpc) is 2.68. The smallest absolute Gasteiger partial charge is 0.255 e. The lowest BCUT2D eigenvalue weighted by Crippen LogP contribution is -2.38. The van der Waals surface area contributed by atoms with E-state index < -0.39 is 15.7 Å². The number of hydrogen-bond donors (Lipinski definition) is 1. The molecule has 1 saturated heterocycles. The van der Waals surface area contributed by atoms with Gasteiger partial charge < -0.3 is 10.2 Å². The topological polar surface area (TPSA) is 83.6 Å². The third kappa shape index (κ3) is 4.59. The van der Waals surface area contributed by atoms with Gasteiger partial charge in [0.1, 0.15) is 0 Å². The summed E-state index contributed by atoms with van der Waals surface area (Å²) < 4.78 is 23.1. The molecule has 1 heterocycles. The van der Waals surface area contributed by atoms with Crippen LogP contribution in [0.5, 0.6) is 0 Å². The lowest BCUT2D eigenvalue weighted by molar-refractivity contribution is 0.0698. The normalized spacial score (nSPS) is 15.3. The summed E-state index contributed by atoms with van der Waals surface area (Å²) in [7, 11) is -3.32. The minimum atomic E-state index is -3.32. The molecule has 2 amide bonds. The fraction of sp³-hybridized carbons (Fsp3) is 0.333. The van der Waals surface area contributed by atoms with Crippen LogP contribution in [0.1, 0.15) is 40.5 Å². The number of rotatable bonds is 4. The van der Waals surface area contributed by atoms with Gasteiger partial charge >= 0.3 is 0 Å². The number of piperidine rings is 1. The van der Waals surface area contributed by atoms with Crippen LogP contribution in [-0.4, -0.2) is 44.5 Å².